The summed E-state index contributed by atoms with van der Waals surface area (Å²) in [4.78, 5) is 12.5. The number of halogens is 1. The van der Waals surface area contributed by atoms with Crippen LogP contribution in [0.15, 0.2) is 82.3 Å². The van der Waals surface area contributed by atoms with E-state index in [1.807, 2.05) is 30.3 Å². The van der Waals surface area contributed by atoms with Crippen LogP contribution in [-0.4, -0.2) is 19.2 Å². The van der Waals surface area contributed by atoms with Crippen LogP contribution in [0.4, 0.5) is 4.39 Å². The van der Waals surface area contributed by atoms with Gasteiger partial charge in [0.15, 0.2) is 0 Å². The summed E-state index contributed by atoms with van der Waals surface area (Å²) >= 11 is 0. The van der Waals surface area contributed by atoms with Crippen molar-refractivity contribution < 1.29 is 18.3 Å². The van der Waals surface area contributed by atoms with Gasteiger partial charge in [-0.1, -0.05) is 24.3 Å². The highest BCUT2D eigenvalue weighted by Gasteiger charge is 2.13. The van der Waals surface area contributed by atoms with Crippen LogP contribution >= 0.6 is 0 Å². The third kappa shape index (κ3) is 4.01. The zero-order chi connectivity index (χ0) is 20.2. The van der Waals surface area contributed by atoms with Gasteiger partial charge in [0.05, 0.1) is 18.9 Å². The van der Waals surface area contributed by atoms with E-state index in [0.29, 0.717) is 22.8 Å². The number of hydrogen-bond acceptors (Lipinski definition) is 4. The average molecular weight is 388 g/mol. The number of benzene rings is 3. The van der Waals surface area contributed by atoms with Gasteiger partial charge in [-0.3, -0.25) is 4.79 Å². The zero-order valence-electron chi connectivity index (χ0n) is 15.6. The van der Waals surface area contributed by atoms with Crippen molar-refractivity contribution in [1.29, 1.82) is 0 Å². The fraction of sp³-hybridized carbons (Fsp3) is 0.0435. The molecule has 0 atom stereocenters. The summed E-state index contributed by atoms with van der Waals surface area (Å²) in [6.07, 6.45) is 1.40. The van der Waals surface area contributed by atoms with E-state index >= 15 is 0 Å². The number of hydrogen-bond donors (Lipinski definition) is 1. The molecule has 0 saturated heterocycles. The first-order chi connectivity index (χ1) is 14.1. The molecule has 1 N–H and O–H groups in total. The average Bonchev–Trinajstić information content (AvgIpc) is 3.22. The lowest BCUT2D eigenvalue weighted by molar-refractivity contribution is 0.0952. The number of methoxy groups -OCH3 is 1. The zero-order valence-corrected chi connectivity index (χ0v) is 15.6. The van der Waals surface area contributed by atoms with Crippen LogP contribution in [0.5, 0.6) is 5.75 Å². The third-order valence-electron chi connectivity index (χ3n) is 4.43. The number of carbonyl (C=O) groups excluding carboxylic acids is 1. The molecule has 0 spiro atoms. The monoisotopic (exact) mass is 388 g/mol. The van der Waals surface area contributed by atoms with E-state index in [0.717, 1.165) is 16.3 Å². The second-order valence-corrected chi connectivity index (χ2v) is 6.31. The van der Waals surface area contributed by atoms with Crippen molar-refractivity contribution in [3.05, 3.63) is 89.9 Å². The minimum atomic E-state index is -0.394. The Morgan fingerprint density at radius 3 is 2.48 bits per heavy atom. The molecule has 4 rings (SSSR count). The van der Waals surface area contributed by atoms with E-state index in [4.69, 9.17) is 9.15 Å². The molecule has 29 heavy (non-hydrogen) atoms. The van der Waals surface area contributed by atoms with Gasteiger partial charge < -0.3 is 9.15 Å². The highest BCUT2D eigenvalue weighted by atomic mass is 19.1. The third-order valence-corrected chi connectivity index (χ3v) is 4.43. The van der Waals surface area contributed by atoms with E-state index in [1.165, 1.54) is 25.5 Å². The quantitative estimate of drug-likeness (QED) is 0.386. The van der Waals surface area contributed by atoms with Crippen molar-refractivity contribution in [2.75, 3.05) is 7.11 Å². The summed E-state index contributed by atoms with van der Waals surface area (Å²) < 4.78 is 24.0. The van der Waals surface area contributed by atoms with Gasteiger partial charge >= 0.3 is 0 Å². The van der Waals surface area contributed by atoms with Gasteiger partial charge in [-0.15, -0.1) is 0 Å². The number of furan rings is 1. The van der Waals surface area contributed by atoms with E-state index in [9.17, 15) is 9.18 Å². The van der Waals surface area contributed by atoms with E-state index in [2.05, 4.69) is 10.5 Å². The molecule has 1 amide bonds. The number of nitrogens with one attached hydrogen (secondary N) is 1. The summed E-state index contributed by atoms with van der Waals surface area (Å²) in [5, 5.41) is 5.87. The van der Waals surface area contributed by atoms with Gasteiger partial charge in [0.25, 0.3) is 5.91 Å². The van der Waals surface area contributed by atoms with E-state index < -0.39 is 5.91 Å². The van der Waals surface area contributed by atoms with Crippen LogP contribution in [0.3, 0.4) is 0 Å². The lowest BCUT2D eigenvalue weighted by Gasteiger charge is -2.09. The van der Waals surface area contributed by atoms with Crippen molar-refractivity contribution in [3.63, 3.8) is 0 Å². The van der Waals surface area contributed by atoms with Crippen LogP contribution in [0.2, 0.25) is 0 Å². The highest BCUT2D eigenvalue weighted by Crippen LogP contribution is 2.26. The van der Waals surface area contributed by atoms with Gasteiger partial charge in [0.1, 0.15) is 23.1 Å². The van der Waals surface area contributed by atoms with Crippen molar-refractivity contribution in [1.82, 2.24) is 5.43 Å². The maximum atomic E-state index is 13.0. The van der Waals surface area contributed by atoms with Crippen molar-refractivity contribution in [2.45, 2.75) is 0 Å². The molecular formula is C23H17FN2O3. The van der Waals surface area contributed by atoms with Gasteiger partial charge in [-0.25, -0.2) is 9.82 Å². The topological polar surface area (TPSA) is 63.8 Å². The molecule has 1 heterocycles. The second-order valence-electron chi connectivity index (χ2n) is 6.31. The molecule has 6 heteroatoms. The molecule has 0 aliphatic rings. The molecule has 0 fully saturated rings. The normalized spacial score (nSPS) is 11.1. The van der Waals surface area contributed by atoms with Crippen molar-refractivity contribution in [3.8, 4) is 17.1 Å². The molecule has 3 aromatic carbocycles. The first-order valence-corrected chi connectivity index (χ1v) is 8.90. The fourth-order valence-electron chi connectivity index (χ4n) is 2.97. The van der Waals surface area contributed by atoms with Crippen LogP contribution in [0.1, 0.15) is 16.1 Å². The highest BCUT2D eigenvalue weighted by molar-refractivity contribution is 6.01. The lowest BCUT2D eigenvalue weighted by Crippen LogP contribution is -2.18. The Balaban J connectivity index is 1.49. The van der Waals surface area contributed by atoms with Gasteiger partial charge in [-0.05, 0) is 59.3 Å². The SMILES string of the molecule is COc1cc2ccccc2cc1C(=O)NN=Cc1ccc(-c2ccc(F)cc2)o1. The second kappa shape index (κ2) is 7.98. The molecule has 1 aromatic heterocycles. The standard InChI is InChI=1S/C23H17FN2O3/c1-28-22-13-17-5-3-2-4-16(17)12-20(22)23(27)26-25-14-19-10-11-21(29-19)15-6-8-18(24)9-7-15/h2-14H,1H3,(H,26,27). The molecule has 0 aliphatic carbocycles. The number of carbonyl (C=O) groups is 1. The van der Waals surface area contributed by atoms with Gasteiger partial charge in [0.2, 0.25) is 0 Å². The Labute approximate surface area is 166 Å². The molecule has 4 aromatic rings. The first-order valence-electron chi connectivity index (χ1n) is 8.90. The van der Waals surface area contributed by atoms with Gasteiger partial charge in [-0.2, -0.15) is 5.10 Å². The molecular weight excluding hydrogens is 371 g/mol. The summed E-state index contributed by atoms with van der Waals surface area (Å²) in [5.74, 6) is 0.792. The van der Waals surface area contributed by atoms with Crippen LogP contribution in [-0.2, 0) is 0 Å². The minimum absolute atomic E-state index is 0.311. The van der Waals surface area contributed by atoms with E-state index in [1.54, 1.807) is 30.3 Å². The fourth-order valence-corrected chi connectivity index (χ4v) is 2.97. The number of ether oxygens (including phenoxy) is 1. The Bertz CT molecular complexity index is 1200. The number of amides is 1. The molecule has 144 valence electrons. The Hall–Kier alpha value is -3.93. The molecule has 0 radical (unpaired) electrons. The van der Waals surface area contributed by atoms with Crippen LogP contribution in [0, 0.1) is 5.82 Å². The number of hydrazone groups is 1. The van der Waals surface area contributed by atoms with Crippen LogP contribution in [0.25, 0.3) is 22.1 Å². The van der Waals surface area contributed by atoms with Gasteiger partial charge in [0, 0.05) is 5.56 Å². The molecule has 5 nitrogen and oxygen atoms in total. The van der Waals surface area contributed by atoms with E-state index in [-0.39, 0.29) is 5.82 Å². The number of nitrogens with zero attached hydrogens (tertiary/aromatic N) is 1. The summed E-state index contributed by atoms with van der Waals surface area (Å²) in [6, 6.07) is 20.7. The van der Waals surface area contributed by atoms with Crippen LogP contribution < -0.4 is 10.2 Å². The smallest absolute Gasteiger partial charge is 0.275 e. The maximum Gasteiger partial charge on any atom is 0.275 e. The Morgan fingerprint density at radius 1 is 1.03 bits per heavy atom. The molecule has 0 bridgehead atoms. The Morgan fingerprint density at radius 2 is 1.76 bits per heavy atom. The van der Waals surface area contributed by atoms with Crippen molar-refractivity contribution >= 4 is 22.9 Å². The number of rotatable bonds is 5. The minimum Gasteiger partial charge on any atom is -0.496 e. The summed E-state index contributed by atoms with van der Waals surface area (Å²) in [7, 11) is 1.52. The predicted molar refractivity (Wildman–Crippen MR) is 110 cm³/mol. The molecule has 0 aliphatic heterocycles. The summed E-state index contributed by atoms with van der Waals surface area (Å²) in [6.45, 7) is 0. The largest absolute Gasteiger partial charge is 0.496 e. The predicted octanol–water partition coefficient (Wildman–Crippen LogP) is 5.01. The van der Waals surface area contributed by atoms with Crippen molar-refractivity contribution in [2.24, 2.45) is 5.10 Å². The molecule has 0 saturated carbocycles. The molecule has 0 unspecified atom stereocenters. The first kappa shape index (κ1) is 18.4. The summed E-state index contributed by atoms with van der Waals surface area (Å²) in [5.41, 5.74) is 3.61. The number of fused-ring (bicyclic) bond motifs is 1. The Kier molecular flexibility index (Phi) is 5.07. The maximum absolute atomic E-state index is 13.0. The lowest BCUT2D eigenvalue weighted by atomic mass is 10.1.